The summed E-state index contributed by atoms with van der Waals surface area (Å²) >= 11 is 0. The van der Waals surface area contributed by atoms with Gasteiger partial charge in [-0.15, -0.1) is 0 Å². The summed E-state index contributed by atoms with van der Waals surface area (Å²) in [5.41, 5.74) is 0. The summed E-state index contributed by atoms with van der Waals surface area (Å²) < 4.78 is 0. The summed E-state index contributed by atoms with van der Waals surface area (Å²) in [5, 5.41) is 27.2. The molecule has 3 amide bonds. The van der Waals surface area contributed by atoms with Crippen LogP contribution in [0.3, 0.4) is 0 Å². The summed E-state index contributed by atoms with van der Waals surface area (Å²) in [6, 6.07) is -0.639. The molecule has 0 aromatic heterocycles. The monoisotopic (exact) mass is 493 g/mol. The molecule has 1 atom stereocenters. The van der Waals surface area contributed by atoms with Gasteiger partial charge in [-0.2, -0.15) is 0 Å². The molecule has 0 saturated heterocycles. The number of carbonyl (C=O) groups excluding carboxylic acids is 1. The Morgan fingerprint density at radius 1 is 0.794 bits per heavy atom. The molecule has 0 aliphatic heterocycles. The first-order chi connectivity index (χ1) is 15.8. The summed E-state index contributed by atoms with van der Waals surface area (Å²) in [6.45, 7) is 3.27. The van der Waals surface area contributed by atoms with E-state index in [-0.39, 0.29) is 60.1 Å². The zero-order chi connectivity index (χ0) is 24.9. The quantitative estimate of drug-likeness (QED) is 0.117. The van der Waals surface area contributed by atoms with Crippen molar-refractivity contribution in [1.82, 2.24) is 9.80 Å². The number of unbranched alkanes of at least 4 members (excludes halogenated alkanes) is 11. The van der Waals surface area contributed by atoms with E-state index >= 15 is 0 Å². The first-order valence-corrected chi connectivity index (χ1v) is 12.6. The smallest absolute Gasteiger partial charge is 0.416 e. The van der Waals surface area contributed by atoms with Crippen LogP contribution in [0, 0.1) is 0 Å². The second-order valence-electron chi connectivity index (χ2n) is 8.67. The topological polar surface area (TPSA) is 118 Å². The molecule has 8 nitrogen and oxygen atoms in total. The number of amides is 3. The fraction of sp³-hybridized carbons (Fsp3) is 0.800. The van der Waals surface area contributed by atoms with Crippen LogP contribution in [0.25, 0.3) is 0 Å². The number of hydrogen-bond acceptors (Lipinski definition) is 4. The van der Waals surface area contributed by atoms with Gasteiger partial charge in [0.25, 0.3) is 0 Å². The van der Waals surface area contributed by atoms with Gasteiger partial charge in [-0.1, -0.05) is 70.4 Å². The van der Waals surface area contributed by atoms with Gasteiger partial charge >= 0.3 is 12.2 Å². The first-order valence-electron chi connectivity index (χ1n) is 12.6. The number of nitrogens with zero attached hydrogens (tertiary/aromatic N) is 2. The van der Waals surface area contributed by atoms with E-state index in [1.807, 2.05) is 0 Å². The molecule has 1 unspecified atom stereocenters. The number of hydrogen-bond donors (Lipinski definition) is 3. The molecule has 0 heterocycles. The Hall–Kier alpha value is -1.09. The number of aliphatic hydroxyl groups excluding tert-OH is 1. The van der Waals surface area contributed by atoms with Gasteiger partial charge in [-0.25, -0.2) is 14.5 Å². The Morgan fingerprint density at radius 2 is 1.26 bits per heavy atom. The predicted molar refractivity (Wildman–Crippen MR) is 136 cm³/mol. The van der Waals surface area contributed by atoms with Crippen LogP contribution in [0.4, 0.5) is 9.59 Å². The summed E-state index contributed by atoms with van der Waals surface area (Å²) in [4.78, 5) is 36.2. The maximum Gasteiger partial charge on any atom is 0.416 e. The van der Waals surface area contributed by atoms with Crippen LogP contribution in [0.5, 0.6) is 0 Å². The Bertz CT molecular complexity index is 560. The summed E-state index contributed by atoms with van der Waals surface area (Å²) in [6.07, 6.45) is 16.9. The van der Waals surface area contributed by atoms with Gasteiger partial charge in [-0.05, 0) is 39.0 Å². The Morgan fingerprint density at radius 3 is 1.74 bits per heavy atom. The van der Waals surface area contributed by atoms with Crippen LogP contribution in [0.15, 0.2) is 12.2 Å². The van der Waals surface area contributed by atoms with Crippen LogP contribution < -0.4 is 0 Å². The SMILES string of the molecule is CCCCCCCC/C=C\CCCCCCCC(=O)N(CCO)C(C)CN(C(=O)O)C(=O)O.[Na]. The fourth-order valence-corrected chi connectivity index (χ4v) is 3.79. The maximum absolute atomic E-state index is 12.5. The first kappa shape index (κ1) is 35.1. The molecular weight excluding hydrogens is 447 g/mol. The van der Waals surface area contributed by atoms with Gasteiger partial charge in [-0.3, -0.25) is 4.79 Å². The van der Waals surface area contributed by atoms with E-state index in [4.69, 9.17) is 10.2 Å². The molecular formula is C25H46N2NaO6. The third kappa shape index (κ3) is 18.3. The molecule has 34 heavy (non-hydrogen) atoms. The van der Waals surface area contributed by atoms with Gasteiger partial charge in [0.1, 0.15) is 0 Å². The van der Waals surface area contributed by atoms with Crippen molar-refractivity contribution in [2.75, 3.05) is 19.7 Å². The van der Waals surface area contributed by atoms with Crippen molar-refractivity contribution in [3.05, 3.63) is 12.2 Å². The molecule has 0 saturated carbocycles. The van der Waals surface area contributed by atoms with Crippen molar-refractivity contribution in [3.63, 3.8) is 0 Å². The van der Waals surface area contributed by atoms with Crippen molar-refractivity contribution < 1.29 is 29.7 Å². The van der Waals surface area contributed by atoms with Gasteiger partial charge in [0, 0.05) is 48.6 Å². The average molecular weight is 494 g/mol. The minimum Gasteiger partial charge on any atom is -0.465 e. The van der Waals surface area contributed by atoms with E-state index in [1.165, 1.54) is 49.8 Å². The van der Waals surface area contributed by atoms with E-state index < -0.39 is 18.2 Å². The molecule has 0 aromatic rings. The number of carboxylic acid groups (broad SMARTS) is 2. The molecule has 0 aliphatic carbocycles. The van der Waals surface area contributed by atoms with Crippen LogP contribution in [0.1, 0.15) is 104 Å². The summed E-state index contributed by atoms with van der Waals surface area (Å²) in [7, 11) is 0. The number of rotatable bonds is 20. The molecule has 3 N–H and O–H groups in total. The number of imide groups is 1. The molecule has 193 valence electrons. The zero-order valence-electron chi connectivity index (χ0n) is 21.7. The van der Waals surface area contributed by atoms with Crippen molar-refractivity contribution in [1.29, 1.82) is 0 Å². The van der Waals surface area contributed by atoms with Crippen LogP contribution >= 0.6 is 0 Å². The molecule has 0 aromatic carbocycles. The van der Waals surface area contributed by atoms with Gasteiger partial charge in [0.15, 0.2) is 0 Å². The third-order valence-electron chi connectivity index (χ3n) is 5.75. The Balaban J connectivity index is 0. The largest absolute Gasteiger partial charge is 0.465 e. The molecule has 0 aliphatic rings. The van der Waals surface area contributed by atoms with Crippen molar-refractivity contribution >= 4 is 47.7 Å². The molecule has 0 rings (SSSR count). The number of allylic oxidation sites excluding steroid dienone is 2. The Labute approximate surface area is 228 Å². The number of carbonyl (C=O) groups is 3. The second kappa shape index (κ2) is 23.6. The minimum atomic E-state index is -1.58. The van der Waals surface area contributed by atoms with Crippen LogP contribution in [-0.2, 0) is 4.79 Å². The molecule has 0 bridgehead atoms. The van der Waals surface area contributed by atoms with Crippen molar-refractivity contribution in [3.8, 4) is 0 Å². The average Bonchev–Trinajstić information content (AvgIpc) is 2.77. The molecule has 1 radical (unpaired) electrons. The van der Waals surface area contributed by atoms with Gasteiger partial charge < -0.3 is 20.2 Å². The van der Waals surface area contributed by atoms with E-state index in [0.717, 1.165) is 38.5 Å². The molecule has 0 spiro atoms. The van der Waals surface area contributed by atoms with E-state index in [9.17, 15) is 19.5 Å². The van der Waals surface area contributed by atoms with Crippen LogP contribution in [-0.4, -0.2) is 98.5 Å². The van der Waals surface area contributed by atoms with Gasteiger partial charge in [0.05, 0.1) is 13.2 Å². The fourth-order valence-electron chi connectivity index (χ4n) is 3.79. The predicted octanol–water partition coefficient (Wildman–Crippen LogP) is 5.51. The minimum absolute atomic E-state index is 0. The molecule has 9 heteroatoms. The normalized spacial score (nSPS) is 11.7. The Kier molecular flexibility index (Phi) is 24.4. The number of aliphatic hydroxyl groups is 1. The summed E-state index contributed by atoms with van der Waals surface area (Å²) in [5.74, 6) is -0.190. The van der Waals surface area contributed by atoms with Crippen molar-refractivity contribution in [2.45, 2.75) is 110 Å². The standard InChI is InChI=1S/C25H46N2O6.Na/c1-3-4-5-6-7-8-9-10-11-12-13-14-15-16-17-18-23(29)26(19-20-28)22(2)21-27(24(30)31)25(32)33;/h10-11,22,28H,3-9,12-21H2,1-2H3,(H,30,31)(H,32,33);/b11-10-;. The van der Waals surface area contributed by atoms with E-state index in [2.05, 4.69) is 19.1 Å². The maximum atomic E-state index is 12.5. The second-order valence-corrected chi connectivity index (χ2v) is 8.67. The zero-order valence-corrected chi connectivity index (χ0v) is 23.7. The molecule has 0 fully saturated rings. The van der Waals surface area contributed by atoms with Crippen LogP contribution in [0.2, 0.25) is 0 Å². The van der Waals surface area contributed by atoms with Crippen molar-refractivity contribution in [2.24, 2.45) is 0 Å². The third-order valence-corrected chi connectivity index (χ3v) is 5.75. The van der Waals surface area contributed by atoms with E-state index in [0.29, 0.717) is 6.42 Å². The van der Waals surface area contributed by atoms with Gasteiger partial charge in [0.2, 0.25) is 5.91 Å². The van der Waals surface area contributed by atoms with E-state index in [1.54, 1.807) is 6.92 Å².